The van der Waals surface area contributed by atoms with Crippen LogP contribution in [-0.4, -0.2) is 40.3 Å². The second-order valence-electron chi connectivity index (χ2n) is 5.07. The number of methoxy groups -OCH3 is 1. The Bertz CT molecular complexity index is 462. The van der Waals surface area contributed by atoms with Gasteiger partial charge in [-0.3, -0.25) is 4.98 Å². The monoisotopic (exact) mass is 251 g/mol. The summed E-state index contributed by atoms with van der Waals surface area (Å²) < 4.78 is 5.36. The van der Waals surface area contributed by atoms with Crippen molar-refractivity contribution < 1.29 is 14.6 Å². The number of nitrogens with zero attached hydrogens (tertiary/aromatic N) is 2. The quantitative estimate of drug-likeness (QED) is 0.841. The highest BCUT2D eigenvalue weighted by Crippen LogP contribution is 2.43. The lowest BCUT2D eigenvalue weighted by Gasteiger charge is -2.51. The SMILES string of the molecule is COC1CC(Nc2cncc(C(=O)O)n2)C1(C)C. The minimum Gasteiger partial charge on any atom is -0.476 e. The molecular formula is C12H17N3O3. The maximum absolute atomic E-state index is 10.8. The Hall–Kier alpha value is -1.69. The van der Waals surface area contributed by atoms with Crippen molar-refractivity contribution in [3.8, 4) is 0 Å². The highest BCUT2D eigenvalue weighted by Gasteiger charge is 2.48. The molecule has 0 bridgehead atoms. The zero-order chi connectivity index (χ0) is 13.3. The summed E-state index contributed by atoms with van der Waals surface area (Å²) in [6, 6.07) is 0.209. The van der Waals surface area contributed by atoms with Crippen LogP contribution in [0.3, 0.4) is 0 Å². The van der Waals surface area contributed by atoms with Gasteiger partial charge in [0.15, 0.2) is 5.69 Å². The Morgan fingerprint density at radius 1 is 1.56 bits per heavy atom. The van der Waals surface area contributed by atoms with Crippen molar-refractivity contribution in [2.75, 3.05) is 12.4 Å². The summed E-state index contributed by atoms with van der Waals surface area (Å²) in [4.78, 5) is 18.7. The number of ether oxygens (including phenoxy) is 1. The van der Waals surface area contributed by atoms with Crippen LogP contribution in [0.25, 0.3) is 0 Å². The molecule has 1 saturated carbocycles. The smallest absolute Gasteiger partial charge is 0.356 e. The zero-order valence-electron chi connectivity index (χ0n) is 10.7. The fourth-order valence-corrected chi connectivity index (χ4v) is 2.25. The van der Waals surface area contributed by atoms with E-state index in [2.05, 4.69) is 29.1 Å². The third-order valence-electron chi connectivity index (χ3n) is 3.64. The van der Waals surface area contributed by atoms with E-state index in [9.17, 15) is 4.79 Å². The van der Waals surface area contributed by atoms with E-state index in [4.69, 9.17) is 9.84 Å². The molecule has 0 aliphatic heterocycles. The second kappa shape index (κ2) is 4.53. The van der Waals surface area contributed by atoms with E-state index < -0.39 is 5.97 Å². The van der Waals surface area contributed by atoms with Crippen LogP contribution in [0.2, 0.25) is 0 Å². The molecule has 0 radical (unpaired) electrons. The largest absolute Gasteiger partial charge is 0.476 e. The van der Waals surface area contributed by atoms with E-state index in [0.717, 1.165) is 6.42 Å². The molecule has 6 nitrogen and oxygen atoms in total. The van der Waals surface area contributed by atoms with Crippen LogP contribution in [0, 0.1) is 5.41 Å². The predicted molar refractivity (Wildman–Crippen MR) is 65.6 cm³/mol. The van der Waals surface area contributed by atoms with Crippen LogP contribution in [0.4, 0.5) is 5.82 Å². The van der Waals surface area contributed by atoms with E-state index in [1.807, 2.05) is 0 Å². The number of nitrogens with one attached hydrogen (secondary N) is 1. The van der Waals surface area contributed by atoms with Gasteiger partial charge in [0.2, 0.25) is 0 Å². The number of hydrogen-bond donors (Lipinski definition) is 2. The Morgan fingerprint density at radius 3 is 2.83 bits per heavy atom. The van der Waals surface area contributed by atoms with Gasteiger partial charge in [0.1, 0.15) is 5.82 Å². The summed E-state index contributed by atoms with van der Waals surface area (Å²) in [5, 5.41) is 12.1. The lowest BCUT2D eigenvalue weighted by atomic mass is 9.64. The number of aromatic carboxylic acids is 1. The molecule has 2 unspecified atom stereocenters. The van der Waals surface area contributed by atoms with E-state index in [0.29, 0.717) is 5.82 Å². The van der Waals surface area contributed by atoms with Crippen molar-refractivity contribution in [1.82, 2.24) is 9.97 Å². The number of carbonyl (C=O) groups is 1. The third kappa shape index (κ3) is 2.15. The molecule has 2 N–H and O–H groups in total. The van der Waals surface area contributed by atoms with Crippen LogP contribution >= 0.6 is 0 Å². The summed E-state index contributed by atoms with van der Waals surface area (Å²) in [6.45, 7) is 4.22. The molecule has 0 saturated heterocycles. The van der Waals surface area contributed by atoms with Gasteiger partial charge in [-0.1, -0.05) is 13.8 Å². The first-order chi connectivity index (χ1) is 8.45. The van der Waals surface area contributed by atoms with Crippen LogP contribution < -0.4 is 5.32 Å². The van der Waals surface area contributed by atoms with Gasteiger partial charge in [-0.15, -0.1) is 0 Å². The van der Waals surface area contributed by atoms with E-state index in [1.165, 1.54) is 12.4 Å². The molecule has 98 valence electrons. The molecule has 1 fully saturated rings. The summed E-state index contributed by atoms with van der Waals surface area (Å²) in [5.41, 5.74) is -0.0595. The van der Waals surface area contributed by atoms with Crippen LogP contribution in [0.1, 0.15) is 30.8 Å². The van der Waals surface area contributed by atoms with Crippen molar-refractivity contribution in [1.29, 1.82) is 0 Å². The Labute approximate surface area is 105 Å². The molecule has 0 amide bonds. The standard InChI is InChI=1S/C12H17N3O3/c1-12(2)8(4-9(12)18-3)15-10-6-13-5-7(14-10)11(16)17/h5-6,8-9H,4H2,1-3H3,(H,14,15)(H,16,17). The Balaban J connectivity index is 2.07. The molecule has 2 rings (SSSR count). The van der Waals surface area contributed by atoms with E-state index >= 15 is 0 Å². The zero-order valence-corrected chi connectivity index (χ0v) is 10.7. The number of anilines is 1. The molecule has 1 aromatic rings. The molecule has 6 heteroatoms. The topological polar surface area (TPSA) is 84.3 Å². The molecule has 1 aliphatic carbocycles. The first-order valence-corrected chi connectivity index (χ1v) is 5.80. The third-order valence-corrected chi connectivity index (χ3v) is 3.64. The predicted octanol–water partition coefficient (Wildman–Crippen LogP) is 1.40. The molecule has 18 heavy (non-hydrogen) atoms. The van der Waals surface area contributed by atoms with Crippen LogP contribution in [-0.2, 0) is 4.74 Å². The van der Waals surface area contributed by atoms with Crippen LogP contribution in [0.5, 0.6) is 0 Å². The van der Waals surface area contributed by atoms with Gasteiger partial charge in [-0.2, -0.15) is 0 Å². The lowest BCUT2D eigenvalue weighted by Crippen LogP contribution is -2.57. The summed E-state index contributed by atoms with van der Waals surface area (Å²) in [6.07, 6.45) is 3.85. The Morgan fingerprint density at radius 2 is 2.28 bits per heavy atom. The number of carboxylic acid groups (broad SMARTS) is 1. The van der Waals surface area contributed by atoms with Crippen molar-refractivity contribution in [3.05, 3.63) is 18.1 Å². The number of hydrogen-bond acceptors (Lipinski definition) is 5. The van der Waals surface area contributed by atoms with Gasteiger partial charge in [0.25, 0.3) is 0 Å². The van der Waals surface area contributed by atoms with Crippen molar-refractivity contribution in [2.24, 2.45) is 5.41 Å². The molecular weight excluding hydrogens is 234 g/mol. The average molecular weight is 251 g/mol. The van der Waals surface area contributed by atoms with Gasteiger partial charge >= 0.3 is 5.97 Å². The fourth-order valence-electron chi connectivity index (χ4n) is 2.25. The molecule has 2 atom stereocenters. The van der Waals surface area contributed by atoms with Crippen LogP contribution in [0.15, 0.2) is 12.4 Å². The maximum Gasteiger partial charge on any atom is 0.356 e. The fraction of sp³-hybridized carbons (Fsp3) is 0.583. The molecule has 1 aliphatic rings. The van der Waals surface area contributed by atoms with Crippen molar-refractivity contribution in [3.63, 3.8) is 0 Å². The minimum absolute atomic E-state index is 0.00431. The number of rotatable bonds is 4. The summed E-state index contributed by atoms with van der Waals surface area (Å²) >= 11 is 0. The van der Waals surface area contributed by atoms with Gasteiger partial charge < -0.3 is 15.2 Å². The molecule has 0 aromatic carbocycles. The number of aromatic nitrogens is 2. The summed E-state index contributed by atoms with van der Waals surface area (Å²) in [7, 11) is 1.70. The maximum atomic E-state index is 10.8. The normalized spacial score (nSPS) is 25.3. The average Bonchev–Trinajstić information content (AvgIpc) is 2.34. The highest BCUT2D eigenvalue weighted by atomic mass is 16.5. The van der Waals surface area contributed by atoms with Gasteiger partial charge in [0, 0.05) is 18.6 Å². The first kappa shape index (κ1) is 12.8. The first-order valence-electron chi connectivity index (χ1n) is 5.80. The summed E-state index contributed by atoms with van der Waals surface area (Å²) in [5.74, 6) is -0.587. The van der Waals surface area contributed by atoms with Crippen molar-refractivity contribution >= 4 is 11.8 Å². The van der Waals surface area contributed by atoms with Gasteiger partial charge in [0.05, 0.1) is 18.5 Å². The minimum atomic E-state index is -1.08. The van der Waals surface area contributed by atoms with Gasteiger partial charge in [-0.05, 0) is 6.42 Å². The van der Waals surface area contributed by atoms with E-state index in [-0.39, 0.29) is 23.3 Å². The van der Waals surface area contributed by atoms with E-state index in [1.54, 1.807) is 7.11 Å². The number of carboxylic acids is 1. The molecule has 1 heterocycles. The molecule has 0 spiro atoms. The highest BCUT2D eigenvalue weighted by molar-refractivity contribution is 5.85. The van der Waals surface area contributed by atoms with Gasteiger partial charge in [-0.25, -0.2) is 9.78 Å². The Kier molecular flexibility index (Phi) is 3.21. The molecule has 1 aromatic heterocycles. The lowest BCUT2D eigenvalue weighted by molar-refractivity contribution is -0.0795. The second-order valence-corrected chi connectivity index (χ2v) is 5.07. The van der Waals surface area contributed by atoms with Crippen molar-refractivity contribution in [2.45, 2.75) is 32.4 Å².